The predicted octanol–water partition coefficient (Wildman–Crippen LogP) is -0.546. The Hall–Kier alpha value is -1.35. The maximum Gasteiger partial charge on any atom is 0.411 e. The van der Waals surface area contributed by atoms with Crippen LogP contribution in [0.5, 0.6) is 0 Å². The molecule has 1 unspecified atom stereocenters. The van der Waals surface area contributed by atoms with Gasteiger partial charge in [0.05, 0.1) is 0 Å². The molecule has 0 aromatic carbocycles. The van der Waals surface area contributed by atoms with Crippen molar-refractivity contribution in [3.8, 4) is 0 Å². The Labute approximate surface area is 114 Å². The fraction of sp³-hybridized carbons (Fsp3) is 0.818. The lowest BCUT2D eigenvalue weighted by Gasteiger charge is -2.36. The van der Waals surface area contributed by atoms with Gasteiger partial charge in [0, 0.05) is 33.7 Å². The maximum absolute atomic E-state index is 11.9. The number of alkyl halides is 3. The minimum atomic E-state index is -4.47. The fourth-order valence-electron chi connectivity index (χ4n) is 1.86. The summed E-state index contributed by atoms with van der Waals surface area (Å²) in [6.45, 7) is -1.13. The van der Waals surface area contributed by atoms with Crippen LogP contribution in [0.25, 0.3) is 0 Å². The molecule has 116 valence electrons. The van der Waals surface area contributed by atoms with Gasteiger partial charge in [-0.05, 0) is 0 Å². The monoisotopic (exact) mass is 297 g/mol. The molecule has 0 aromatic heterocycles. The number of carbonyl (C=O) groups excluding carboxylic acids is 2. The van der Waals surface area contributed by atoms with Crippen LogP contribution in [0, 0.1) is 0 Å². The molecule has 0 radical (unpaired) electrons. The van der Waals surface area contributed by atoms with Crippen molar-refractivity contribution in [2.24, 2.45) is 0 Å². The van der Waals surface area contributed by atoms with Crippen molar-refractivity contribution in [2.45, 2.75) is 12.2 Å². The SMILES string of the molecule is CN(C)C(=O)C1CNCCN1C(=O)COCC(F)(F)F. The standard InChI is InChI=1S/C11H18F3N3O3/c1-16(2)10(19)8-5-15-3-4-17(8)9(18)6-20-7-11(12,13)14/h8,15H,3-7H2,1-2H3. The van der Waals surface area contributed by atoms with Crippen LogP contribution in [0.4, 0.5) is 13.2 Å². The van der Waals surface area contributed by atoms with Crippen LogP contribution < -0.4 is 5.32 Å². The molecule has 1 aliphatic rings. The quantitative estimate of drug-likeness (QED) is 0.757. The fourth-order valence-corrected chi connectivity index (χ4v) is 1.86. The zero-order valence-corrected chi connectivity index (χ0v) is 11.4. The van der Waals surface area contributed by atoms with Crippen LogP contribution >= 0.6 is 0 Å². The molecule has 1 aliphatic heterocycles. The Morgan fingerprint density at radius 1 is 1.40 bits per heavy atom. The van der Waals surface area contributed by atoms with Gasteiger partial charge in [-0.1, -0.05) is 0 Å². The van der Waals surface area contributed by atoms with Crippen LogP contribution in [-0.2, 0) is 14.3 Å². The van der Waals surface area contributed by atoms with Gasteiger partial charge in [0.1, 0.15) is 19.3 Å². The van der Waals surface area contributed by atoms with E-state index in [1.807, 2.05) is 0 Å². The second kappa shape index (κ2) is 6.89. The number of hydrogen-bond acceptors (Lipinski definition) is 4. The van der Waals surface area contributed by atoms with E-state index < -0.39 is 31.3 Å². The number of nitrogens with zero attached hydrogens (tertiary/aromatic N) is 2. The number of piperazine rings is 1. The summed E-state index contributed by atoms with van der Waals surface area (Å²) in [5.41, 5.74) is 0. The van der Waals surface area contributed by atoms with Gasteiger partial charge in [0.25, 0.3) is 0 Å². The number of carbonyl (C=O) groups is 2. The Morgan fingerprint density at radius 3 is 2.60 bits per heavy atom. The summed E-state index contributed by atoms with van der Waals surface area (Å²) < 4.78 is 40.2. The van der Waals surface area contributed by atoms with Crippen molar-refractivity contribution < 1.29 is 27.5 Å². The van der Waals surface area contributed by atoms with Crippen LogP contribution in [0.1, 0.15) is 0 Å². The topological polar surface area (TPSA) is 61.9 Å². The third-order valence-electron chi connectivity index (χ3n) is 2.78. The average molecular weight is 297 g/mol. The molecule has 1 rings (SSSR count). The van der Waals surface area contributed by atoms with Gasteiger partial charge >= 0.3 is 6.18 Å². The minimum Gasteiger partial charge on any atom is -0.362 e. The summed E-state index contributed by atoms with van der Waals surface area (Å²) in [5.74, 6) is -0.891. The van der Waals surface area contributed by atoms with Crippen LogP contribution in [0.2, 0.25) is 0 Å². The summed E-state index contributed by atoms with van der Waals surface area (Å²) in [7, 11) is 3.11. The van der Waals surface area contributed by atoms with E-state index in [0.717, 1.165) is 0 Å². The highest BCUT2D eigenvalue weighted by Gasteiger charge is 2.34. The molecular formula is C11H18F3N3O3. The zero-order valence-electron chi connectivity index (χ0n) is 11.4. The van der Waals surface area contributed by atoms with Gasteiger partial charge in [-0.2, -0.15) is 13.2 Å². The molecule has 1 heterocycles. The van der Waals surface area contributed by atoms with E-state index in [2.05, 4.69) is 10.1 Å². The number of ether oxygens (including phenoxy) is 1. The maximum atomic E-state index is 11.9. The predicted molar refractivity (Wildman–Crippen MR) is 63.9 cm³/mol. The Morgan fingerprint density at radius 2 is 2.05 bits per heavy atom. The molecule has 1 atom stereocenters. The lowest BCUT2D eigenvalue weighted by molar-refractivity contribution is -0.179. The molecule has 0 aliphatic carbocycles. The van der Waals surface area contributed by atoms with Crippen LogP contribution in [0.15, 0.2) is 0 Å². The van der Waals surface area contributed by atoms with Crippen LogP contribution in [-0.4, -0.2) is 80.8 Å². The molecule has 0 aromatic rings. The van der Waals surface area contributed by atoms with E-state index in [0.29, 0.717) is 6.54 Å². The summed E-state index contributed by atoms with van der Waals surface area (Å²) >= 11 is 0. The number of rotatable bonds is 4. The lowest BCUT2D eigenvalue weighted by atomic mass is 10.1. The molecule has 0 saturated carbocycles. The summed E-state index contributed by atoms with van der Waals surface area (Å²) in [5, 5.41) is 2.97. The van der Waals surface area contributed by atoms with Crippen molar-refractivity contribution in [3.05, 3.63) is 0 Å². The van der Waals surface area contributed by atoms with Crippen molar-refractivity contribution >= 4 is 11.8 Å². The third-order valence-corrected chi connectivity index (χ3v) is 2.78. The second-order valence-electron chi connectivity index (χ2n) is 4.65. The molecule has 9 heteroatoms. The van der Waals surface area contributed by atoms with Gasteiger partial charge in [0.2, 0.25) is 11.8 Å². The third kappa shape index (κ3) is 4.97. The van der Waals surface area contributed by atoms with E-state index in [9.17, 15) is 22.8 Å². The Kier molecular flexibility index (Phi) is 5.75. The number of hydrogen-bond donors (Lipinski definition) is 1. The normalized spacial score (nSPS) is 19.9. The first-order valence-electron chi connectivity index (χ1n) is 6.08. The smallest absolute Gasteiger partial charge is 0.362 e. The molecule has 1 fully saturated rings. The first-order chi connectivity index (χ1) is 9.22. The first-order valence-corrected chi connectivity index (χ1v) is 6.08. The molecule has 0 spiro atoms. The molecule has 20 heavy (non-hydrogen) atoms. The number of halogens is 3. The van der Waals surface area contributed by atoms with Gasteiger partial charge in [0.15, 0.2) is 0 Å². The summed E-state index contributed by atoms with van der Waals surface area (Å²) in [4.78, 5) is 26.4. The summed E-state index contributed by atoms with van der Waals surface area (Å²) in [6, 6.07) is -0.708. The molecular weight excluding hydrogens is 279 g/mol. The Bertz CT molecular complexity index is 361. The molecule has 6 nitrogen and oxygen atoms in total. The largest absolute Gasteiger partial charge is 0.411 e. The van der Waals surface area contributed by atoms with Crippen molar-refractivity contribution in [1.82, 2.24) is 15.1 Å². The number of likely N-dealkylation sites (N-methyl/N-ethyl adjacent to an activating group) is 1. The number of nitrogens with one attached hydrogen (secondary N) is 1. The van der Waals surface area contributed by atoms with Gasteiger partial charge < -0.3 is 19.9 Å². The van der Waals surface area contributed by atoms with Crippen molar-refractivity contribution in [2.75, 3.05) is 46.9 Å². The van der Waals surface area contributed by atoms with Gasteiger partial charge in [-0.3, -0.25) is 9.59 Å². The second-order valence-corrected chi connectivity index (χ2v) is 4.65. The van der Waals surface area contributed by atoms with E-state index in [4.69, 9.17) is 0 Å². The molecule has 2 amide bonds. The Balaban J connectivity index is 2.57. The first kappa shape index (κ1) is 16.7. The number of amides is 2. The van der Waals surface area contributed by atoms with Crippen LogP contribution in [0.3, 0.4) is 0 Å². The van der Waals surface area contributed by atoms with Gasteiger partial charge in [-0.25, -0.2) is 0 Å². The molecule has 0 bridgehead atoms. The van der Waals surface area contributed by atoms with E-state index in [1.54, 1.807) is 14.1 Å². The van der Waals surface area contributed by atoms with Crippen molar-refractivity contribution in [1.29, 1.82) is 0 Å². The minimum absolute atomic E-state index is 0.262. The molecule has 1 saturated heterocycles. The molecule has 1 N–H and O–H groups in total. The highest BCUT2D eigenvalue weighted by Crippen LogP contribution is 2.14. The van der Waals surface area contributed by atoms with Gasteiger partial charge in [-0.15, -0.1) is 0 Å². The summed E-state index contributed by atoms with van der Waals surface area (Å²) in [6.07, 6.45) is -4.47. The highest BCUT2D eigenvalue weighted by atomic mass is 19.4. The zero-order chi connectivity index (χ0) is 15.3. The van der Waals surface area contributed by atoms with Crippen molar-refractivity contribution in [3.63, 3.8) is 0 Å². The lowest BCUT2D eigenvalue weighted by Crippen LogP contribution is -2.60. The van der Waals surface area contributed by atoms with E-state index >= 15 is 0 Å². The highest BCUT2D eigenvalue weighted by molar-refractivity contribution is 5.88. The van der Waals surface area contributed by atoms with E-state index in [1.165, 1.54) is 9.80 Å². The average Bonchev–Trinajstić information content (AvgIpc) is 2.36. The van der Waals surface area contributed by atoms with E-state index in [-0.39, 0.29) is 19.0 Å².